The molecule has 1 aromatic carbocycles. The highest BCUT2D eigenvalue weighted by molar-refractivity contribution is 5.83. The second-order valence-electron chi connectivity index (χ2n) is 6.73. The normalized spacial score (nSPS) is 17.4. The monoisotopic (exact) mass is 392 g/mol. The fraction of sp³-hybridized carbons (Fsp3) is 0.316. The summed E-state index contributed by atoms with van der Waals surface area (Å²) in [7, 11) is 0. The molecule has 0 N–H and O–H groups in total. The Hall–Kier alpha value is -2.97. The number of amides is 1. The van der Waals surface area contributed by atoms with Gasteiger partial charge in [-0.15, -0.1) is 0 Å². The van der Waals surface area contributed by atoms with E-state index in [-0.39, 0.29) is 19.0 Å². The van der Waals surface area contributed by atoms with Gasteiger partial charge in [0, 0.05) is 18.3 Å². The molecular formula is C19H16F4N4O. The Bertz CT molecular complexity index is 1030. The minimum Gasteiger partial charge on any atom is -0.338 e. The lowest BCUT2D eigenvalue weighted by atomic mass is 10.0. The van der Waals surface area contributed by atoms with Gasteiger partial charge in [-0.3, -0.25) is 14.5 Å². The van der Waals surface area contributed by atoms with Gasteiger partial charge in [0.15, 0.2) is 0 Å². The lowest BCUT2D eigenvalue weighted by molar-refractivity contribution is -0.137. The molecule has 0 spiro atoms. The number of carbonyl (C=O) groups excluding carboxylic acids is 1. The standard InChI is InChI=1S/C19H16F4N4O/c20-15-4-5-26(10-15)18(28)11-27-17-7-13(8-24-16(17)9-25-27)12-2-1-3-14(6-12)19(21,22)23/h1-3,6-9,15H,4-5,10-11H2. The topological polar surface area (TPSA) is 51.0 Å². The number of rotatable bonds is 3. The number of benzene rings is 1. The highest BCUT2D eigenvalue weighted by Crippen LogP contribution is 2.32. The second-order valence-corrected chi connectivity index (χ2v) is 6.73. The van der Waals surface area contributed by atoms with Crippen LogP contribution in [0.25, 0.3) is 22.2 Å². The first kappa shape index (κ1) is 18.4. The van der Waals surface area contributed by atoms with Crippen molar-refractivity contribution < 1.29 is 22.4 Å². The van der Waals surface area contributed by atoms with Gasteiger partial charge in [-0.25, -0.2) is 4.39 Å². The maximum absolute atomic E-state index is 13.3. The summed E-state index contributed by atoms with van der Waals surface area (Å²) in [5, 5.41) is 4.15. The Morgan fingerprint density at radius 3 is 2.71 bits per heavy atom. The van der Waals surface area contributed by atoms with Gasteiger partial charge >= 0.3 is 6.18 Å². The van der Waals surface area contributed by atoms with Crippen molar-refractivity contribution >= 4 is 16.9 Å². The van der Waals surface area contributed by atoms with Crippen molar-refractivity contribution in [1.82, 2.24) is 19.7 Å². The summed E-state index contributed by atoms with van der Waals surface area (Å²) in [6.07, 6.45) is -2.16. The maximum atomic E-state index is 13.3. The van der Waals surface area contributed by atoms with E-state index in [1.165, 1.54) is 28.0 Å². The van der Waals surface area contributed by atoms with Gasteiger partial charge in [0.05, 0.1) is 23.8 Å². The third-order valence-corrected chi connectivity index (χ3v) is 4.79. The molecule has 1 fully saturated rings. The number of hydrogen-bond donors (Lipinski definition) is 0. The molecule has 2 aromatic heterocycles. The van der Waals surface area contributed by atoms with Crippen molar-refractivity contribution in [1.29, 1.82) is 0 Å². The fourth-order valence-corrected chi connectivity index (χ4v) is 3.29. The molecular weight excluding hydrogens is 376 g/mol. The zero-order valence-electron chi connectivity index (χ0n) is 14.7. The fourth-order valence-electron chi connectivity index (χ4n) is 3.29. The molecule has 1 unspecified atom stereocenters. The summed E-state index contributed by atoms with van der Waals surface area (Å²) in [5.74, 6) is -0.255. The van der Waals surface area contributed by atoms with Gasteiger partial charge in [0.25, 0.3) is 0 Å². The smallest absolute Gasteiger partial charge is 0.338 e. The molecule has 0 bridgehead atoms. The summed E-state index contributed by atoms with van der Waals surface area (Å²) >= 11 is 0. The molecule has 3 aromatic rings. The van der Waals surface area contributed by atoms with Gasteiger partial charge < -0.3 is 4.90 Å². The summed E-state index contributed by atoms with van der Waals surface area (Å²) in [5.41, 5.74) is 1.15. The molecule has 5 nitrogen and oxygen atoms in total. The van der Waals surface area contributed by atoms with Gasteiger partial charge in [-0.1, -0.05) is 12.1 Å². The highest BCUT2D eigenvalue weighted by atomic mass is 19.4. The zero-order valence-corrected chi connectivity index (χ0v) is 14.7. The van der Waals surface area contributed by atoms with Crippen LogP contribution in [0.5, 0.6) is 0 Å². The van der Waals surface area contributed by atoms with E-state index in [2.05, 4.69) is 10.1 Å². The Morgan fingerprint density at radius 1 is 1.18 bits per heavy atom. The maximum Gasteiger partial charge on any atom is 0.416 e. The number of fused-ring (bicyclic) bond motifs is 1. The van der Waals surface area contributed by atoms with Crippen LogP contribution in [0.2, 0.25) is 0 Å². The Labute approximate surface area is 157 Å². The van der Waals surface area contributed by atoms with Crippen LogP contribution in [0.15, 0.2) is 42.7 Å². The molecule has 1 amide bonds. The van der Waals surface area contributed by atoms with Crippen molar-refractivity contribution in [2.75, 3.05) is 13.1 Å². The van der Waals surface area contributed by atoms with Gasteiger partial charge in [0.1, 0.15) is 18.2 Å². The molecule has 0 saturated carbocycles. The molecule has 3 heterocycles. The first-order valence-corrected chi connectivity index (χ1v) is 8.72. The SMILES string of the molecule is O=C(Cn1ncc2ncc(-c3cccc(C(F)(F)F)c3)cc21)N1CCC(F)C1. The molecule has 4 rings (SSSR count). The minimum atomic E-state index is -4.44. The minimum absolute atomic E-state index is 0.0752. The van der Waals surface area contributed by atoms with E-state index in [4.69, 9.17) is 0 Å². The molecule has 1 saturated heterocycles. The van der Waals surface area contributed by atoms with Crippen molar-refractivity contribution in [3.8, 4) is 11.1 Å². The van der Waals surface area contributed by atoms with E-state index in [1.54, 1.807) is 12.1 Å². The quantitative estimate of drug-likeness (QED) is 0.639. The molecule has 1 aliphatic heterocycles. The first-order valence-electron chi connectivity index (χ1n) is 8.72. The molecule has 1 atom stereocenters. The zero-order chi connectivity index (χ0) is 19.9. The number of carbonyl (C=O) groups is 1. The number of halogens is 4. The van der Waals surface area contributed by atoms with E-state index >= 15 is 0 Å². The number of pyridine rings is 1. The van der Waals surface area contributed by atoms with Crippen LogP contribution in [-0.2, 0) is 17.5 Å². The van der Waals surface area contributed by atoms with E-state index < -0.39 is 17.9 Å². The number of nitrogens with zero attached hydrogens (tertiary/aromatic N) is 4. The Balaban J connectivity index is 1.64. The van der Waals surface area contributed by atoms with Crippen molar-refractivity contribution in [3.63, 3.8) is 0 Å². The van der Waals surface area contributed by atoms with Crippen LogP contribution in [0.1, 0.15) is 12.0 Å². The van der Waals surface area contributed by atoms with Gasteiger partial charge in [0.2, 0.25) is 5.91 Å². The predicted octanol–water partition coefficient (Wildman–Crippen LogP) is 3.69. The molecule has 1 aliphatic rings. The van der Waals surface area contributed by atoms with E-state index in [9.17, 15) is 22.4 Å². The molecule has 28 heavy (non-hydrogen) atoms. The van der Waals surface area contributed by atoms with Crippen molar-refractivity contribution in [3.05, 3.63) is 48.3 Å². The van der Waals surface area contributed by atoms with E-state index in [1.807, 2.05) is 0 Å². The molecule has 9 heteroatoms. The summed E-state index contributed by atoms with van der Waals surface area (Å²) in [6.45, 7) is 0.364. The summed E-state index contributed by atoms with van der Waals surface area (Å²) < 4.78 is 53.7. The van der Waals surface area contributed by atoms with Crippen molar-refractivity contribution in [2.24, 2.45) is 0 Å². The van der Waals surface area contributed by atoms with Crippen LogP contribution in [0.3, 0.4) is 0 Å². The van der Waals surface area contributed by atoms with E-state index in [0.717, 1.165) is 12.1 Å². The number of alkyl halides is 4. The average Bonchev–Trinajstić information content (AvgIpc) is 3.27. The summed E-state index contributed by atoms with van der Waals surface area (Å²) in [4.78, 5) is 18.0. The summed E-state index contributed by atoms with van der Waals surface area (Å²) in [6, 6.07) is 6.62. The second kappa shape index (κ2) is 6.88. The lowest BCUT2D eigenvalue weighted by Gasteiger charge is -2.15. The third kappa shape index (κ3) is 3.56. The lowest BCUT2D eigenvalue weighted by Crippen LogP contribution is -2.32. The van der Waals surface area contributed by atoms with Crippen LogP contribution >= 0.6 is 0 Å². The largest absolute Gasteiger partial charge is 0.416 e. The van der Waals surface area contributed by atoms with Crippen LogP contribution in [0.4, 0.5) is 17.6 Å². The van der Waals surface area contributed by atoms with Crippen LogP contribution in [0, 0.1) is 0 Å². The average molecular weight is 392 g/mol. The number of aromatic nitrogens is 3. The highest BCUT2D eigenvalue weighted by Gasteiger charge is 2.30. The molecule has 0 aliphatic carbocycles. The molecule has 0 radical (unpaired) electrons. The van der Waals surface area contributed by atoms with Gasteiger partial charge in [-0.2, -0.15) is 18.3 Å². The Kier molecular flexibility index (Phi) is 4.52. The molecule has 146 valence electrons. The Morgan fingerprint density at radius 2 is 2.00 bits per heavy atom. The van der Waals surface area contributed by atoms with Crippen LogP contribution in [-0.4, -0.2) is 44.8 Å². The van der Waals surface area contributed by atoms with Crippen molar-refractivity contribution in [2.45, 2.75) is 25.3 Å². The third-order valence-electron chi connectivity index (χ3n) is 4.79. The number of hydrogen-bond acceptors (Lipinski definition) is 3. The van der Waals surface area contributed by atoms with E-state index in [0.29, 0.717) is 35.1 Å². The predicted molar refractivity (Wildman–Crippen MR) is 94.1 cm³/mol. The van der Waals surface area contributed by atoms with Gasteiger partial charge in [-0.05, 0) is 30.2 Å². The van der Waals surface area contributed by atoms with Crippen LogP contribution < -0.4 is 0 Å². The first-order chi connectivity index (χ1) is 13.3. The number of likely N-dealkylation sites (tertiary alicyclic amines) is 1.